The first kappa shape index (κ1) is 23.5. The van der Waals surface area contributed by atoms with E-state index >= 15 is 0 Å². The van der Waals surface area contributed by atoms with Crippen molar-refractivity contribution in [3.8, 4) is 0 Å². The Morgan fingerprint density at radius 1 is 1.09 bits per heavy atom. The van der Waals surface area contributed by atoms with E-state index in [2.05, 4.69) is 5.32 Å². The first-order chi connectivity index (χ1) is 15.3. The normalized spacial score (nSPS) is 11.7. The molecule has 5 nitrogen and oxygen atoms in total. The Balaban J connectivity index is 1.93. The van der Waals surface area contributed by atoms with Crippen LogP contribution in [0.4, 0.5) is 15.8 Å². The van der Waals surface area contributed by atoms with Crippen molar-refractivity contribution in [1.29, 1.82) is 0 Å². The first-order valence-corrected chi connectivity index (χ1v) is 11.4. The molecular weight excluding hydrogens is 425 g/mol. The Hall–Kier alpha value is -3.19. The summed E-state index contributed by atoms with van der Waals surface area (Å²) in [6, 6.07) is 15.0. The fourth-order valence-corrected chi connectivity index (χ4v) is 4.06. The zero-order chi connectivity index (χ0) is 23.3. The van der Waals surface area contributed by atoms with Crippen LogP contribution in [-0.4, -0.2) is 36.9 Å². The van der Waals surface area contributed by atoms with Crippen LogP contribution in [0, 0.1) is 5.82 Å². The van der Waals surface area contributed by atoms with Crippen molar-refractivity contribution < 1.29 is 14.0 Å². The summed E-state index contributed by atoms with van der Waals surface area (Å²) in [6.45, 7) is 4.33. The monoisotopic (exact) mass is 453 g/mol. The van der Waals surface area contributed by atoms with Crippen LogP contribution in [0.25, 0.3) is 0 Å². The third kappa shape index (κ3) is 5.53. The van der Waals surface area contributed by atoms with Crippen LogP contribution >= 0.6 is 11.3 Å². The number of thiophene rings is 1. The molecule has 1 atom stereocenters. The lowest BCUT2D eigenvalue weighted by Gasteiger charge is -2.31. The van der Waals surface area contributed by atoms with Crippen LogP contribution in [0.5, 0.6) is 0 Å². The van der Waals surface area contributed by atoms with E-state index in [1.807, 2.05) is 62.5 Å². The number of halogens is 1. The molecule has 0 fully saturated rings. The number of hydrogen-bond acceptors (Lipinski definition) is 4. The highest BCUT2D eigenvalue weighted by Crippen LogP contribution is 2.27. The largest absolute Gasteiger partial charge is 0.377 e. The van der Waals surface area contributed by atoms with E-state index in [0.717, 1.165) is 17.7 Å². The van der Waals surface area contributed by atoms with Crippen LogP contribution in [0.15, 0.2) is 60.0 Å². The molecule has 0 aliphatic rings. The molecule has 0 aliphatic heterocycles. The second-order valence-corrected chi connectivity index (χ2v) is 8.82. The number of carbonyl (C=O) groups excluding carboxylic acids is 2. The molecule has 1 aromatic heterocycles. The summed E-state index contributed by atoms with van der Waals surface area (Å²) < 4.78 is 13.7. The predicted molar refractivity (Wildman–Crippen MR) is 129 cm³/mol. The van der Waals surface area contributed by atoms with E-state index in [0.29, 0.717) is 22.7 Å². The lowest BCUT2D eigenvalue weighted by molar-refractivity contribution is 0.0671. The number of amides is 2. The molecule has 3 rings (SSSR count). The molecule has 1 heterocycles. The molecule has 0 bridgehead atoms. The summed E-state index contributed by atoms with van der Waals surface area (Å²) in [6.07, 6.45) is 0.757. The standard InChI is InChI=1S/C25H28FN3O2S/c1-5-17(2)29(25(31)18-8-6-9-20(26)14-18)16-19-15-21(11-12-22(19)28(3)4)27-24(30)23-10-7-13-32-23/h6-15,17H,5,16H2,1-4H3,(H,27,30). The fraction of sp³-hybridized carbons (Fsp3) is 0.280. The Bertz CT molecular complexity index is 1080. The quantitative estimate of drug-likeness (QED) is 0.480. The van der Waals surface area contributed by atoms with Crippen molar-refractivity contribution in [2.75, 3.05) is 24.3 Å². The molecule has 0 aliphatic carbocycles. The van der Waals surface area contributed by atoms with Gasteiger partial charge in [-0.1, -0.05) is 19.1 Å². The van der Waals surface area contributed by atoms with Gasteiger partial charge in [-0.3, -0.25) is 9.59 Å². The number of anilines is 2. The smallest absolute Gasteiger partial charge is 0.265 e. The van der Waals surface area contributed by atoms with Gasteiger partial charge < -0.3 is 15.1 Å². The van der Waals surface area contributed by atoms with Crippen LogP contribution < -0.4 is 10.2 Å². The number of benzene rings is 2. The molecule has 32 heavy (non-hydrogen) atoms. The molecule has 0 radical (unpaired) electrons. The van der Waals surface area contributed by atoms with Gasteiger partial charge in [0.15, 0.2) is 0 Å². The Kier molecular flexibility index (Phi) is 7.64. The average Bonchev–Trinajstić information content (AvgIpc) is 3.31. The predicted octanol–water partition coefficient (Wildman–Crippen LogP) is 5.65. The molecule has 0 spiro atoms. The van der Waals surface area contributed by atoms with Gasteiger partial charge in [0.05, 0.1) is 4.88 Å². The maximum absolute atomic E-state index is 13.7. The maximum atomic E-state index is 13.7. The molecule has 3 aromatic rings. The van der Waals surface area contributed by atoms with Gasteiger partial charge in [0, 0.05) is 43.6 Å². The lowest BCUT2D eigenvalue weighted by Crippen LogP contribution is -2.38. The van der Waals surface area contributed by atoms with Gasteiger partial charge >= 0.3 is 0 Å². The zero-order valence-electron chi connectivity index (χ0n) is 18.8. The van der Waals surface area contributed by atoms with E-state index in [9.17, 15) is 14.0 Å². The number of nitrogens with zero attached hydrogens (tertiary/aromatic N) is 2. The third-order valence-corrected chi connectivity index (χ3v) is 6.23. The minimum absolute atomic E-state index is 0.0508. The molecule has 1 unspecified atom stereocenters. The zero-order valence-corrected chi connectivity index (χ0v) is 19.6. The molecule has 168 valence electrons. The molecule has 0 saturated carbocycles. The van der Waals surface area contributed by atoms with E-state index < -0.39 is 5.82 Å². The average molecular weight is 454 g/mol. The van der Waals surface area contributed by atoms with Gasteiger partial charge in [0.2, 0.25) is 0 Å². The molecule has 0 saturated heterocycles. The molecule has 7 heteroatoms. The summed E-state index contributed by atoms with van der Waals surface area (Å²) in [5.74, 6) is -0.832. The van der Waals surface area contributed by atoms with Crippen LogP contribution in [0.3, 0.4) is 0 Å². The second-order valence-electron chi connectivity index (χ2n) is 7.87. The molecule has 2 amide bonds. The van der Waals surface area contributed by atoms with Gasteiger partial charge in [0.1, 0.15) is 5.82 Å². The van der Waals surface area contributed by atoms with Gasteiger partial charge in [-0.15, -0.1) is 11.3 Å². The SMILES string of the molecule is CCC(C)N(Cc1cc(NC(=O)c2cccs2)ccc1N(C)C)C(=O)c1cccc(F)c1. The fourth-order valence-electron chi connectivity index (χ4n) is 3.45. The molecular formula is C25H28FN3O2S. The number of nitrogens with one attached hydrogen (secondary N) is 1. The Morgan fingerprint density at radius 2 is 1.88 bits per heavy atom. The van der Waals surface area contributed by atoms with Gasteiger partial charge in [-0.2, -0.15) is 0 Å². The third-order valence-electron chi connectivity index (χ3n) is 5.36. The number of rotatable bonds is 8. The highest BCUT2D eigenvalue weighted by molar-refractivity contribution is 7.12. The summed E-state index contributed by atoms with van der Waals surface area (Å²) in [4.78, 5) is 30.1. The van der Waals surface area contributed by atoms with E-state index in [1.165, 1.54) is 23.5 Å². The summed E-state index contributed by atoms with van der Waals surface area (Å²) in [7, 11) is 3.87. The van der Waals surface area contributed by atoms with Gasteiger partial charge in [-0.25, -0.2) is 4.39 Å². The van der Waals surface area contributed by atoms with Crippen molar-refractivity contribution in [1.82, 2.24) is 4.90 Å². The maximum Gasteiger partial charge on any atom is 0.265 e. The van der Waals surface area contributed by atoms with Crippen molar-refractivity contribution in [3.05, 3.63) is 81.8 Å². The molecule has 1 N–H and O–H groups in total. The van der Waals surface area contributed by atoms with E-state index in [1.54, 1.807) is 23.1 Å². The van der Waals surface area contributed by atoms with Crippen LogP contribution in [-0.2, 0) is 6.54 Å². The summed E-state index contributed by atoms with van der Waals surface area (Å²) in [5, 5.41) is 4.79. The lowest BCUT2D eigenvalue weighted by atomic mass is 10.1. The minimum Gasteiger partial charge on any atom is -0.377 e. The number of carbonyl (C=O) groups is 2. The van der Waals surface area contributed by atoms with E-state index in [4.69, 9.17) is 0 Å². The van der Waals surface area contributed by atoms with Crippen molar-refractivity contribution in [2.45, 2.75) is 32.9 Å². The number of hydrogen-bond donors (Lipinski definition) is 1. The van der Waals surface area contributed by atoms with Crippen LogP contribution in [0.1, 0.15) is 45.9 Å². The Labute approximate surface area is 192 Å². The van der Waals surface area contributed by atoms with Gasteiger partial charge in [-0.05, 0) is 66.8 Å². The van der Waals surface area contributed by atoms with Gasteiger partial charge in [0.25, 0.3) is 11.8 Å². The van der Waals surface area contributed by atoms with E-state index in [-0.39, 0.29) is 17.9 Å². The van der Waals surface area contributed by atoms with Crippen molar-refractivity contribution >= 4 is 34.5 Å². The Morgan fingerprint density at radius 3 is 2.50 bits per heavy atom. The second kappa shape index (κ2) is 10.4. The minimum atomic E-state index is -0.438. The highest BCUT2D eigenvalue weighted by atomic mass is 32.1. The van der Waals surface area contributed by atoms with Crippen molar-refractivity contribution in [2.24, 2.45) is 0 Å². The summed E-state index contributed by atoms with van der Waals surface area (Å²) >= 11 is 1.38. The van der Waals surface area contributed by atoms with Crippen LogP contribution in [0.2, 0.25) is 0 Å². The first-order valence-electron chi connectivity index (χ1n) is 10.5. The summed E-state index contributed by atoms with van der Waals surface area (Å²) in [5.41, 5.74) is 2.81. The topological polar surface area (TPSA) is 52.7 Å². The molecule has 2 aromatic carbocycles. The highest BCUT2D eigenvalue weighted by Gasteiger charge is 2.23. The van der Waals surface area contributed by atoms with Crippen molar-refractivity contribution in [3.63, 3.8) is 0 Å².